The van der Waals surface area contributed by atoms with Crippen LogP contribution >= 0.6 is 22.9 Å². The maximum Gasteiger partial charge on any atom is 0.0870 e. The largest absolute Gasteiger partial charge is 0.288 e. The summed E-state index contributed by atoms with van der Waals surface area (Å²) in [4.78, 5) is 4.60. The molecule has 0 aromatic carbocycles. The molecule has 0 aliphatic rings. The lowest BCUT2D eigenvalue weighted by Crippen LogP contribution is -1.97. The van der Waals surface area contributed by atoms with Gasteiger partial charge in [-0.3, -0.25) is 4.84 Å². The van der Waals surface area contributed by atoms with Crippen LogP contribution in [0.25, 0.3) is 0 Å². The fraction of sp³-hybridized carbons (Fsp3) is 0.333. The van der Waals surface area contributed by atoms with Crippen molar-refractivity contribution in [2.24, 2.45) is 0 Å². The van der Waals surface area contributed by atoms with Gasteiger partial charge < -0.3 is 0 Å². The van der Waals surface area contributed by atoms with E-state index in [2.05, 4.69) is 15.1 Å². The molecule has 0 aliphatic carbocycles. The fourth-order valence-corrected chi connectivity index (χ4v) is 0.270. The van der Waals surface area contributed by atoms with Crippen molar-refractivity contribution < 1.29 is 4.84 Å². The van der Waals surface area contributed by atoms with Crippen LogP contribution < -0.4 is 3.69 Å². The standard InChI is InChI=1S/C3H6INO/c1-2-3-6-5-4/h2,5H,1,3H2. The first kappa shape index (κ1) is 6.39. The molecule has 3 heteroatoms. The van der Waals surface area contributed by atoms with E-state index < -0.39 is 0 Å². The smallest absolute Gasteiger partial charge is 0.0870 e. The van der Waals surface area contributed by atoms with Crippen molar-refractivity contribution >= 4 is 22.9 Å². The highest BCUT2D eigenvalue weighted by atomic mass is 127. The predicted molar refractivity (Wildman–Crippen MR) is 33.3 cm³/mol. The van der Waals surface area contributed by atoms with E-state index in [-0.39, 0.29) is 0 Å². The second-order valence-electron chi connectivity index (χ2n) is 0.677. The Morgan fingerprint density at radius 3 is 2.83 bits per heavy atom. The first-order valence-electron chi connectivity index (χ1n) is 1.50. The molecule has 0 atom stereocenters. The quantitative estimate of drug-likeness (QED) is 0.241. The molecule has 1 N–H and O–H groups in total. The van der Waals surface area contributed by atoms with E-state index in [9.17, 15) is 0 Å². The molecule has 6 heavy (non-hydrogen) atoms. The van der Waals surface area contributed by atoms with Gasteiger partial charge in [-0.1, -0.05) is 6.08 Å². The predicted octanol–water partition coefficient (Wildman–Crippen LogP) is 1.04. The molecule has 0 heterocycles. The third-order valence-electron chi connectivity index (χ3n) is 0.256. The number of hydrogen-bond acceptors (Lipinski definition) is 2. The lowest BCUT2D eigenvalue weighted by molar-refractivity contribution is 0.141. The van der Waals surface area contributed by atoms with Crippen molar-refractivity contribution in [3.05, 3.63) is 12.7 Å². The topological polar surface area (TPSA) is 21.3 Å². The summed E-state index contributed by atoms with van der Waals surface area (Å²) in [6, 6.07) is 0. The summed E-state index contributed by atoms with van der Waals surface area (Å²) in [5, 5.41) is 0. The van der Waals surface area contributed by atoms with Crippen LogP contribution in [0.3, 0.4) is 0 Å². The van der Waals surface area contributed by atoms with Gasteiger partial charge in [-0.2, -0.15) is 0 Å². The van der Waals surface area contributed by atoms with Crippen LogP contribution in [-0.2, 0) is 4.84 Å². The Balaban J connectivity index is 2.49. The van der Waals surface area contributed by atoms with Crippen molar-refractivity contribution in [2.75, 3.05) is 6.61 Å². The van der Waals surface area contributed by atoms with E-state index in [4.69, 9.17) is 0 Å². The Labute approximate surface area is 51.0 Å². The Kier molecular flexibility index (Phi) is 5.74. The van der Waals surface area contributed by atoms with Gasteiger partial charge in [-0.15, -0.1) is 10.3 Å². The molecule has 0 fully saturated rings. The van der Waals surface area contributed by atoms with Crippen molar-refractivity contribution in [1.82, 2.24) is 3.69 Å². The van der Waals surface area contributed by atoms with Crippen LogP contribution in [0.2, 0.25) is 0 Å². The lowest BCUT2D eigenvalue weighted by atomic mass is 10.7. The summed E-state index contributed by atoms with van der Waals surface area (Å²) in [5.41, 5.74) is 0. The van der Waals surface area contributed by atoms with E-state index in [0.717, 1.165) is 0 Å². The van der Waals surface area contributed by atoms with Gasteiger partial charge in [-0.25, -0.2) is 0 Å². The number of rotatable bonds is 3. The Morgan fingerprint density at radius 2 is 2.67 bits per heavy atom. The first-order valence-corrected chi connectivity index (χ1v) is 2.58. The minimum atomic E-state index is 0.558. The summed E-state index contributed by atoms with van der Waals surface area (Å²) in [6.07, 6.45) is 1.67. The van der Waals surface area contributed by atoms with Gasteiger partial charge in [0.05, 0.1) is 6.61 Å². The molecule has 0 aromatic heterocycles. The molecule has 0 aromatic rings. The van der Waals surface area contributed by atoms with Gasteiger partial charge >= 0.3 is 0 Å². The molecule has 36 valence electrons. The van der Waals surface area contributed by atoms with Crippen molar-refractivity contribution in [2.45, 2.75) is 0 Å². The summed E-state index contributed by atoms with van der Waals surface area (Å²) in [7, 11) is 0. The summed E-state index contributed by atoms with van der Waals surface area (Å²) < 4.78 is 2.47. The van der Waals surface area contributed by atoms with Crippen LogP contribution in [0.15, 0.2) is 12.7 Å². The van der Waals surface area contributed by atoms with Crippen LogP contribution in [0.5, 0.6) is 0 Å². The van der Waals surface area contributed by atoms with Gasteiger partial charge in [0.15, 0.2) is 0 Å². The second kappa shape index (κ2) is 5.39. The van der Waals surface area contributed by atoms with Crippen molar-refractivity contribution in [3.63, 3.8) is 0 Å². The molecule has 0 unspecified atom stereocenters. The van der Waals surface area contributed by atoms with Gasteiger partial charge in [-0.05, 0) is 0 Å². The van der Waals surface area contributed by atoms with Gasteiger partial charge in [0.25, 0.3) is 0 Å². The van der Waals surface area contributed by atoms with Crippen LogP contribution in [0.1, 0.15) is 0 Å². The van der Waals surface area contributed by atoms with E-state index >= 15 is 0 Å². The third kappa shape index (κ3) is 4.39. The zero-order chi connectivity index (χ0) is 4.83. The average Bonchev–Trinajstić information content (AvgIpc) is 1.61. The third-order valence-corrected chi connectivity index (χ3v) is 0.567. The summed E-state index contributed by atoms with van der Waals surface area (Å²) in [6.45, 7) is 3.99. The Morgan fingerprint density at radius 1 is 2.00 bits per heavy atom. The minimum Gasteiger partial charge on any atom is -0.288 e. The lowest BCUT2D eigenvalue weighted by Gasteiger charge is -1.87. The van der Waals surface area contributed by atoms with Gasteiger partial charge in [0.2, 0.25) is 0 Å². The van der Waals surface area contributed by atoms with Crippen LogP contribution in [-0.4, -0.2) is 6.61 Å². The summed E-state index contributed by atoms with van der Waals surface area (Å²) >= 11 is 1.89. The maximum absolute atomic E-state index is 4.60. The molecule has 0 spiro atoms. The van der Waals surface area contributed by atoms with Gasteiger partial charge in [0.1, 0.15) is 0 Å². The molecular formula is C3H6INO. The highest BCUT2D eigenvalue weighted by Crippen LogP contribution is 1.70. The van der Waals surface area contributed by atoms with Gasteiger partial charge in [0, 0.05) is 22.9 Å². The molecule has 0 amide bonds. The Bertz CT molecular complexity index is 39.8. The van der Waals surface area contributed by atoms with Crippen molar-refractivity contribution in [1.29, 1.82) is 0 Å². The van der Waals surface area contributed by atoms with E-state index in [1.54, 1.807) is 6.08 Å². The van der Waals surface area contributed by atoms with Crippen LogP contribution in [0, 0.1) is 0 Å². The van der Waals surface area contributed by atoms with E-state index in [1.807, 2.05) is 22.9 Å². The van der Waals surface area contributed by atoms with Crippen LogP contribution in [0.4, 0.5) is 0 Å². The molecule has 0 saturated heterocycles. The zero-order valence-corrected chi connectivity index (χ0v) is 5.44. The van der Waals surface area contributed by atoms with E-state index in [1.165, 1.54) is 0 Å². The fourth-order valence-electron chi connectivity index (χ4n) is 0.0904. The normalized spacial score (nSPS) is 8.17. The SMILES string of the molecule is C=CCONI. The molecule has 0 bridgehead atoms. The second-order valence-corrected chi connectivity index (χ2v) is 1.12. The first-order chi connectivity index (χ1) is 2.91. The Hall–Kier alpha value is 0.390. The molecular weight excluding hydrogens is 193 g/mol. The average molecular weight is 199 g/mol. The molecule has 0 radical (unpaired) electrons. The molecule has 0 aliphatic heterocycles. The monoisotopic (exact) mass is 199 g/mol. The maximum atomic E-state index is 4.60. The number of halogens is 1. The molecule has 0 saturated carbocycles. The number of nitrogens with one attached hydrogen (secondary N) is 1. The summed E-state index contributed by atoms with van der Waals surface area (Å²) in [5.74, 6) is 0. The van der Waals surface area contributed by atoms with E-state index in [0.29, 0.717) is 6.61 Å². The zero-order valence-electron chi connectivity index (χ0n) is 3.28. The highest BCUT2D eigenvalue weighted by Gasteiger charge is 1.67. The highest BCUT2D eigenvalue weighted by molar-refractivity contribution is 14.1. The van der Waals surface area contributed by atoms with Crippen molar-refractivity contribution in [3.8, 4) is 0 Å². The molecule has 2 nitrogen and oxygen atoms in total. The minimum absolute atomic E-state index is 0.558. The number of hydrogen-bond donors (Lipinski definition) is 1. The molecule has 0 rings (SSSR count).